The lowest BCUT2D eigenvalue weighted by Crippen LogP contribution is -2.40. The van der Waals surface area contributed by atoms with Crippen molar-refractivity contribution >= 4 is 27.7 Å². The summed E-state index contributed by atoms with van der Waals surface area (Å²) in [6.07, 6.45) is 6.09. The number of hydrogen-bond acceptors (Lipinski definition) is 6. The van der Waals surface area contributed by atoms with Crippen molar-refractivity contribution in [3.63, 3.8) is 0 Å². The van der Waals surface area contributed by atoms with Gasteiger partial charge in [-0.05, 0) is 12.2 Å². The van der Waals surface area contributed by atoms with Crippen LogP contribution in [0.3, 0.4) is 0 Å². The Hall–Kier alpha value is -2.49. The minimum atomic E-state index is -3.53. The van der Waals surface area contributed by atoms with Crippen molar-refractivity contribution in [1.82, 2.24) is 20.1 Å². The Morgan fingerprint density at radius 1 is 1.45 bits per heavy atom. The lowest BCUT2D eigenvalue weighted by atomic mass is 10.1. The van der Waals surface area contributed by atoms with Crippen LogP contribution >= 0.6 is 0 Å². The summed E-state index contributed by atoms with van der Waals surface area (Å²) in [6.45, 7) is 0.268. The predicted molar refractivity (Wildman–Crippen MR) is 70.2 cm³/mol. The summed E-state index contributed by atoms with van der Waals surface area (Å²) in [5.74, 6) is -0.281. The fourth-order valence-electron chi connectivity index (χ4n) is 1.83. The van der Waals surface area contributed by atoms with Crippen LogP contribution in [0.5, 0.6) is 0 Å². The molecular formula is C10H10N6O3S. The van der Waals surface area contributed by atoms with Crippen molar-refractivity contribution in [2.45, 2.75) is 0 Å². The maximum Gasteiger partial charge on any atom is 0.261 e. The Morgan fingerprint density at radius 3 is 3.05 bits per heavy atom. The molecule has 1 aromatic rings. The maximum absolute atomic E-state index is 12.1. The predicted octanol–water partition coefficient (Wildman–Crippen LogP) is -0.759. The summed E-state index contributed by atoms with van der Waals surface area (Å²) in [5.41, 5.74) is 0.159. The van der Waals surface area contributed by atoms with Gasteiger partial charge in [-0.3, -0.25) is 10.1 Å². The number of amides is 1. The number of hydrogen-bond donors (Lipinski definition) is 2. The minimum absolute atomic E-state index is 0.0716. The van der Waals surface area contributed by atoms with E-state index in [2.05, 4.69) is 24.9 Å². The Morgan fingerprint density at radius 2 is 2.30 bits per heavy atom. The zero-order chi connectivity index (χ0) is 14.2. The summed E-state index contributed by atoms with van der Waals surface area (Å²) < 4.78 is 26.8. The highest BCUT2D eigenvalue weighted by molar-refractivity contribution is 7.90. The molecule has 0 atom stereocenters. The van der Waals surface area contributed by atoms with Crippen molar-refractivity contribution in [3.8, 4) is 0 Å². The number of nitrogens with one attached hydrogen (secondary N) is 2. The zero-order valence-corrected chi connectivity index (χ0v) is 11.0. The van der Waals surface area contributed by atoms with Crippen LogP contribution in [0, 0.1) is 0 Å². The number of fused-ring (bicyclic) bond motifs is 1. The van der Waals surface area contributed by atoms with Crippen molar-refractivity contribution in [2.24, 2.45) is 4.40 Å². The largest absolute Gasteiger partial charge is 0.331 e. The number of amidine groups is 1. The number of allylic oxidation sites excluding steroid dienone is 2. The smallest absolute Gasteiger partial charge is 0.261 e. The van der Waals surface area contributed by atoms with Crippen LogP contribution in [0.2, 0.25) is 0 Å². The second kappa shape index (κ2) is 4.56. The fraction of sp³-hybridized carbons (Fsp3) is 0.200. The van der Waals surface area contributed by atoms with Gasteiger partial charge in [-0.1, -0.05) is 0 Å². The molecule has 0 radical (unpaired) electrons. The Kier molecular flexibility index (Phi) is 2.86. The van der Waals surface area contributed by atoms with E-state index < -0.39 is 15.9 Å². The van der Waals surface area contributed by atoms with Crippen LogP contribution in [0.4, 0.5) is 5.95 Å². The minimum Gasteiger partial charge on any atom is -0.331 e. The molecule has 2 N–H and O–H groups in total. The molecule has 3 heterocycles. The van der Waals surface area contributed by atoms with Crippen LogP contribution in [-0.2, 0) is 14.8 Å². The molecule has 20 heavy (non-hydrogen) atoms. The van der Waals surface area contributed by atoms with E-state index in [0.29, 0.717) is 0 Å². The first-order valence-electron chi connectivity index (χ1n) is 5.70. The Bertz CT molecular complexity index is 731. The van der Waals surface area contributed by atoms with E-state index in [-0.39, 0.29) is 29.7 Å². The van der Waals surface area contributed by atoms with Crippen molar-refractivity contribution in [1.29, 1.82) is 0 Å². The van der Waals surface area contributed by atoms with E-state index >= 15 is 0 Å². The van der Waals surface area contributed by atoms with Gasteiger partial charge in [0, 0.05) is 12.7 Å². The highest BCUT2D eigenvalue weighted by Crippen LogP contribution is 2.18. The first kappa shape index (κ1) is 12.5. The van der Waals surface area contributed by atoms with Gasteiger partial charge in [-0.2, -0.15) is 10.1 Å². The molecule has 3 rings (SSSR count). The van der Waals surface area contributed by atoms with Gasteiger partial charge in [-0.15, -0.1) is 4.40 Å². The molecular weight excluding hydrogens is 284 g/mol. The van der Waals surface area contributed by atoms with Crippen LogP contribution in [0.15, 0.2) is 34.7 Å². The second-order valence-electron chi connectivity index (χ2n) is 4.10. The molecule has 2 aliphatic rings. The number of rotatable bonds is 2. The number of aromatic amines is 1. The van der Waals surface area contributed by atoms with Crippen LogP contribution in [-0.4, -0.2) is 52.5 Å². The molecule has 0 unspecified atom stereocenters. The summed E-state index contributed by atoms with van der Waals surface area (Å²) in [4.78, 5) is 17.5. The molecule has 0 fully saturated rings. The summed E-state index contributed by atoms with van der Waals surface area (Å²) in [7, 11) is -3.53. The third kappa shape index (κ3) is 2.32. The maximum atomic E-state index is 12.1. The lowest BCUT2D eigenvalue weighted by Gasteiger charge is -2.28. The second-order valence-corrected chi connectivity index (χ2v) is 5.86. The molecule has 0 saturated carbocycles. The molecule has 0 bridgehead atoms. The third-order valence-electron chi connectivity index (χ3n) is 2.75. The molecule has 1 aromatic heterocycles. The van der Waals surface area contributed by atoms with E-state index in [1.54, 1.807) is 17.2 Å². The first-order chi connectivity index (χ1) is 9.55. The van der Waals surface area contributed by atoms with Gasteiger partial charge in [0.2, 0.25) is 5.95 Å². The quantitative estimate of drug-likeness (QED) is 0.739. The van der Waals surface area contributed by atoms with Gasteiger partial charge in [-0.25, -0.2) is 13.5 Å². The van der Waals surface area contributed by atoms with E-state index in [9.17, 15) is 13.2 Å². The van der Waals surface area contributed by atoms with Crippen LogP contribution in [0.1, 0.15) is 0 Å². The molecule has 104 valence electrons. The van der Waals surface area contributed by atoms with Crippen molar-refractivity contribution < 1.29 is 13.2 Å². The van der Waals surface area contributed by atoms with Crippen molar-refractivity contribution in [3.05, 3.63) is 30.3 Å². The summed E-state index contributed by atoms with van der Waals surface area (Å²) in [5, 5.41) is 8.57. The number of aromatic nitrogens is 3. The normalized spacial score (nSPS) is 19.9. The summed E-state index contributed by atoms with van der Waals surface area (Å²) in [6, 6.07) is 0. The summed E-state index contributed by atoms with van der Waals surface area (Å²) >= 11 is 0. The molecule has 10 heteroatoms. The van der Waals surface area contributed by atoms with E-state index in [1.165, 1.54) is 12.4 Å². The average Bonchev–Trinajstić information content (AvgIpc) is 2.89. The molecule has 0 spiro atoms. The van der Waals surface area contributed by atoms with Gasteiger partial charge in [0.05, 0.1) is 11.3 Å². The fourth-order valence-corrected chi connectivity index (χ4v) is 2.82. The van der Waals surface area contributed by atoms with Crippen molar-refractivity contribution in [2.75, 3.05) is 17.6 Å². The average molecular weight is 294 g/mol. The van der Waals surface area contributed by atoms with E-state index in [1.807, 2.05) is 0 Å². The molecule has 0 aromatic carbocycles. The van der Waals surface area contributed by atoms with E-state index in [0.717, 1.165) is 0 Å². The monoisotopic (exact) mass is 294 g/mol. The topological polar surface area (TPSA) is 120 Å². The highest BCUT2D eigenvalue weighted by Gasteiger charge is 2.30. The lowest BCUT2D eigenvalue weighted by molar-refractivity contribution is -0.112. The third-order valence-corrected chi connectivity index (χ3v) is 3.90. The number of anilines is 1. The van der Waals surface area contributed by atoms with Gasteiger partial charge in [0.1, 0.15) is 6.33 Å². The molecule has 1 amide bonds. The van der Waals surface area contributed by atoms with Gasteiger partial charge in [0.15, 0.2) is 5.84 Å². The molecule has 9 nitrogen and oxygen atoms in total. The number of sulfonamides is 1. The zero-order valence-electron chi connectivity index (χ0n) is 10.1. The molecule has 2 aliphatic heterocycles. The Labute approximate surface area is 114 Å². The highest BCUT2D eigenvalue weighted by atomic mass is 32.2. The Balaban J connectivity index is 1.92. The van der Waals surface area contributed by atoms with Gasteiger partial charge >= 0.3 is 0 Å². The van der Waals surface area contributed by atoms with Gasteiger partial charge in [0.25, 0.3) is 15.9 Å². The number of carbonyl (C=O) groups excluding carboxylic acids is 1. The standard InChI is InChI=1S/C10H10N6O3S/c17-9(13-10-11-6-12-14-10)7-2-1-3-16-4-5-20(18,19)15-8(7)16/h1-3,6H,4-5H2,(H2,11,12,13,14,17). The van der Waals surface area contributed by atoms with E-state index in [4.69, 9.17) is 0 Å². The SMILES string of the molecule is O=C(Nc1ncn[nH]1)C1=CC=CN2CCS(=O)(=O)N=C12. The van der Waals surface area contributed by atoms with Crippen LogP contribution < -0.4 is 5.32 Å². The number of H-pyrrole nitrogens is 1. The number of nitrogens with zero attached hydrogens (tertiary/aromatic N) is 4. The molecule has 0 saturated heterocycles. The first-order valence-corrected chi connectivity index (χ1v) is 7.31. The molecule has 0 aliphatic carbocycles. The number of carbonyl (C=O) groups is 1. The van der Waals surface area contributed by atoms with Crippen LogP contribution in [0.25, 0.3) is 0 Å². The van der Waals surface area contributed by atoms with Gasteiger partial charge < -0.3 is 4.90 Å².